The Balaban J connectivity index is 2.05. The lowest BCUT2D eigenvalue weighted by atomic mass is 10.0. The summed E-state index contributed by atoms with van der Waals surface area (Å²) in [5.41, 5.74) is 7.83. The van der Waals surface area contributed by atoms with Crippen molar-refractivity contribution >= 4 is 46.4 Å². The third-order valence-corrected chi connectivity index (χ3v) is 5.33. The fourth-order valence-corrected chi connectivity index (χ4v) is 3.53. The molecule has 1 heterocycles. The second kappa shape index (κ2) is 11.4. The molecule has 11 heteroatoms. The van der Waals surface area contributed by atoms with Crippen molar-refractivity contribution < 1.29 is 29.4 Å². The average molecular weight is 451 g/mol. The topological polar surface area (TPSA) is 175 Å². The van der Waals surface area contributed by atoms with Crippen molar-refractivity contribution in [2.24, 2.45) is 5.73 Å². The Kier molecular flexibility index (Phi) is 8.88. The molecule has 3 unspecified atom stereocenters. The van der Waals surface area contributed by atoms with Gasteiger partial charge in [0.15, 0.2) is 0 Å². The molecule has 1 aromatic carbocycles. The van der Waals surface area contributed by atoms with Gasteiger partial charge in [0.05, 0.1) is 12.5 Å². The zero-order valence-corrected chi connectivity index (χ0v) is 17.8. The van der Waals surface area contributed by atoms with Gasteiger partial charge in [0.1, 0.15) is 12.1 Å². The van der Waals surface area contributed by atoms with Gasteiger partial charge in [0, 0.05) is 17.1 Å². The van der Waals surface area contributed by atoms with Crippen LogP contribution in [0.2, 0.25) is 0 Å². The van der Waals surface area contributed by atoms with Crippen LogP contribution in [0.15, 0.2) is 30.5 Å². The van der Waals surface area contributed by atoms with E-state index in [0.29, 0.717) is 5.75 Å². The minimum absolute atomic E-state index is 0.234. The Morgan fingerprint density at radius 1 is 1.10 bits per heavy atom. The highest BCUT2D eigenvalue weighted by molar-refractivity contribution is 7.98. The maximum Gasteiger partial charge on any atom is 0.326 e. The van der Waals surface area contributed by atoms with Gasteiger partial charge in [-0.15, -0.1) is 0 Å². The van der Waals surface area contributed by atoms with Gasteiger partial charge >= 0.3 is 11.9 Å². The normalized spacial score (nSPS) is 13.9. The minimum atomic E-state index is -1.60. The van der Waals surface area contributed by atoms with E-state index in [2.05, 4.69) is 15.6 Å². The average Bonchev–Trinajstić information content (AvgIpc) is 3.12. The lowest BCUT2D eigenvalue weighted by Crippen LogP contribution is -2.55. The lowest BCUT2D eigenvalue weighted by molar-refractivity contribution is -0.147. The first kappa shape index (κ1) is 24.2. The van der Waals surface area contributed by atoms with Crippen molar-refractivity contribution in [1.29, 1.82) is 0 Å². The second-order valence-electron chi connectivity index (χ2n) is 7.01. The second-order valence-corrected chi connectivity index (χ2v) is 8.00. The van der Waals surface area contributed by atoms with Crippen molar-refractivity contribution in [3.05, 3.63) is 36.0 Å². The van der Waals surface area contributed by atoms with Crippen LogP contribution in [0.4, 0.5) is 0 Å². The summed E-state index contributed by atoms with van der Waals surface area (Å²) in [6.07, 6.45) is 3.30. The quantitative estimate of drug-likeness (QED) is 0.268. The number of carboxylic acids is 2. The molecule has 31 heavy (non-hydrogen) atoms. The Labute approximate surface area is 182 Å². The first-order valence-corrected chi connectivity index (χ1v) is 11.0. The number of aromatic amines is 1. The summed E-state index contributed by atoms with van der Waals surface area (Å²) in [6.45, 7) is 0. The smallest absolute Gasteiger partial charge is 0.326 e. The number of carboxylic acid groups (broad SMARTS) is 2. The van der Waals surface area contributed by atoms with Crippen LogP contribution in [0, 0.1) is 0 Å². The minimum Gasteiger partial charge on any atom is -0.481 e. The molecule has 0 saturated carbocycles. The third-order valence-electron chi connectivity index (χ3n) is 4.69. The maximum absolute atomic E-state index is 12.6. The number of hydrogen-bond acceptors (Lipinski definition) is 6. The summed E-state index contributed by atoms with van der Waals surface area (Å²) in [5, 5.41) is 23.7. The van der Waals surface area contributed by atoms with E-state index in [-0.39, 0.29) is 12.8 Å². The van der Waals surface area contributed by atoms with Crippen LogP contribution < -0.4 is 16.4 Å². The molecule has 2 aromatic rings. The van der Waals surface area contributed by atoms with Crippen LogP contribution in [0.1, 0.15) is 18.4 Å². The first-order valence-electron chi connectivity index (χ1n) is 9.57. The maximum atomic E-state index is 12.6. The number of thioether (sulfide) groups is 1. The Morgan fingerprint density at radius 2 is 1.77 bits per heavy atom. The molecule has 0 radical (unpaired) electrons. The predicted molar refractivity (Wildman–Crippen MR) is 117 cm³/mol. The van der Waals surface area contributed by atoms with Gasteiger partial charge < -0.3 is 31.6 Å². The summed E-state index contributed by atoms with van der Waals surface area (Å²) in [7, 11) is 0. The molecule has 10 nitrogen and oxygen atoms in total. The summed E-state index contributed by atoms with van der Waals surface area (Å²) in [4.78, 5) is 50.4. The molecule has 2 rings (SSSR count). The van der Waals surface area contributed by atoms with Crippen LogP contribution in [0.25, 0.3) is 10.9 Å². The van der Waals surface area contributed by atoms with E-state index in [9.17, 15) is 19.2 Å². The van der Waals surface area contributed by atoms with E-state index in [4.69, 9.17) is 15.9 Å². The molecule has 0 bridgehead atoms. The number of carbonyl (C=O) groups is 4. The number of amides is 2. The molecule has 0 aliphatic heterocycles. The van der Waals surface area contributed by atoms with Crippen molar-refractivity contribution in [1.82, 2.24) is 15.6 Å². The van der Waals surface area contributed by atoms with Crippen molar-refractivity contribution in [3.8, 4) is 0 Å². The lowest BCUT2D eigenvalue weighted by Gasteiger charge is -2.22. The van der Waals surface area contributed by atoms with Gasteiger partial charge in [0.2, 0.25) is 11.8 Å². The van der Waals surface area contributed by atoms with Gasteiger partial charge in [0.25, 0.3) is 0 Å². The third kappa shape index (κ3) is 7.00. The largest absolute Gasteiger partial charge is 0.481 e. The van der Waals surface area contributed by atoms with E-state index in [1.807, 2.05) is 30.5 Å². The van der Waals surface area contributed by atoms with Gasteiger partial charge in [-0.1, -0.05) is 18.2 Å². The standard InChI is InChI=1S/C20H26N4O6S/c1-31-7-6-15(19(28)24-16(20(29)30)9-17(25)26)23-18(27)13(21)8-11-10-22-14-5-3-2-4-12(11)14/h2-5,10,13,15-16,22H,6-9,21H2,1H3,(H,23,27)(H,24,28)(H,25,26)(H,29,30). The number of fused-ring (bicyclic) bond motifs is 1. The zero-order valence-electron chi connectivity index (χ0n) is 17.0. The van der Waals surface area contributed by atoms with Crippen LogP contribution in [0.3, 0.4) is 0 Å². The zero-order chi connectivity index (χ0) is 23.0. The van der Waals surface area contributed by atoms with Gasteiger partial charge in [-0.3, -0.25) is 14.4 Å². The molecular formula is C20H26N4O6S. The van der Waals surface area contributed by atoms with Crippen LogP contribution >= 0.6 is 11.8 Å². The Hall–Kier alpha value is -3.05. The number of nitrogens with two attached hydrogens (primary N) is 1. The highest BCUT2D eigenvalue weighted by atomic mass is 32.2. The van der Waals surface area contributed by atoms with E-state index >= 15 is 0 Å². The SMILES string of the molecule is CSCCC(NC(=O)C(N)Cc1c[nH]c2ccccc12)C(=O)NC(CC(=O)O)C(=O)O. The molecule has 0 spiro atoms. The number of aromatic nitrogens is 1. The Morgan fingerprint density at radius 3 is 2.42 bits per heavy atom. The molecular weight excluding hydrogens is 424 g/mol. The molecule has 0 saturated heterocycles. The number of hydrogen-bond donors (Lipinski definition) is 6. The molecule has 3 atom stereocenters. The van der Waals surface area contributed by atoms with E-state index in [0.717, 1.165) is 16.5 Å². The monoisotopic (exact) mass is 450 g/mol. The van der Waals surface area contributed by atoms with Crippen LogP contribution in [-0.4, -0.2) is 69.1 Å². The molecule has 1 aromatic heterocycles. The number of para-hydroxylation sites is 1. The number of rotatable bonds is 12. The first-order chi connectivity index (χ1) is 14.7. The summed E-state index contributed by atoms with van der Waals surface area (Å²) in [6, 6.07) is 4.02. The van der Waals surface area contributed by atoms with Gasteiger partial charge in [-0.2, -0.15) is 11.8 Å². The van der Waals surface area contributed by atoms with E-state index < -0.39 is 48.3 Å². The molecule has 0 fully saturated rings. The molecule has 0 aliphatic carbocycles. The van der Waals surface area contributed by atoms with Crippen molar-refractivity contribution in [2.75, 3.05) is 12.0 Å². The summed E-state index contributed by atoms with van der Waals surface area (Å²) >= 11 is 1.45. The molecule has 168 valence electrons. The van der Waals surface area contributed by atoms with E-state index in [1.165, 1.54) is 11.8 Å². The molecule has 2 amide bonds. The summed E-state index contributed by atoms with van der Waals surface area (Å²) in [5.74, 6) is -3.64. The molecule has 0 aliphatic rings. The van der Waals surface area contributed by atoms with Crippen LogP contribution in [-0.2, 0) is 25.6 Å². The van der Waals surface area contributed by atoms with E-state index in [1.54, 1.807) is 6.20 Å². The fourth-order valence-electron chi connectivity index (χ4n) is 3.06. The van der Waals surface area contributed by atoms with Crippen LogP contribution in [0.5, 0.6) is 0 Å². The molecule has 7 N–H and O–H groups in total. The number of nitrogens with one attached hydrogen (secondary N) is 3. The summed E-state index contributed by atoms with van der Waals surface area (Å²) < 4.78 is 0. The van der Waals surface area contributed by atoms with Gasteiger partial charge in [-0.25, -0.2) is 4.79 Å². The number of H-pyrrole nitrogens is 1. The number of carbonyl (C=O) groups excluding carboxylic acids is 2. The van der Waals surface area contributed by atoms with Crippen molar-refractivity contribution in [3.63, 3.8) is 0 Å². The highest BCUT2D eigenvalue weighted by Crippen LogP contribution is 2.18. The fraction of sp³-hybridized carbons (Fsp3) is 0.400. The van der Waals surface area contributed by atoms with Crippen molar-refractivity contribution in [2.45, 2.75) is 37.4 Å². The highest BCUT2D eigenvalue weighted by Gasteiger charge is 2.29. The number of benzene rings is 1. The predicted octanol–water partition coefficient (Wildman–Crippen LogP) is 0.320. The Bertz CT molecular complexity index is 947. The van der Waals surface area contributed by atoms with Gasteiger partial charge in [-0.05, 0) is 36.5 Å². The number of aliphatic carboxylic acids is 2.